The number of nitrogen functional groups attached to an aromatic ring is 1. The zero-order valence-corrected chi connectivity index (χ0v) is 12.0. The SMILES string of the molecule is CC(C)C1CCCCC1NC(=O)c1cc(F)cnc1N. The van der Waals surface area contributed by atoms with Crippen molar-refractivity contribution in [2.45, 2.75) is 45.6 Å². The highest BCUT2D eigenvalue weighted by Crippen LogP contribution is 2.30. The fourth-order valence-electron chi connectivity index (χ4n) is 3.01. The van der Waals surface area contributed by atoms with Gasteiger partial charge in [-0.2, -0.15) is 0 Å². The molecule has 1 heterocycles. The Bertz CT molecular complexity index is 490. The first-order valence-corrected chi connectivity index (χ1v) is 7.21. The molecule has 1 aliphatic carbocycles. The number of halogens is 1. The molecule has 2 atom stereocenters. The molecule has 0 aromatic carbocycles. The summed E-state index contributed by atoms with van der Waals surface area (Å²) in [6.45, 7) is 4.35. The van der Waals surface area contributed by atoms with E-state index in [9.17, 15) is 9.18 Å². The van der Waals surface area contributed by atoms with E-state index < -0.39 is 5.82 Å². The largest absolute Gasteiger partial charge is 0.383 e. The number of anilines is 1. The molecule has 0 bridgehead atoms. The van der Waals surface area contributed by atoms with Crippen molar-refractivity contribution >= 4 is 11.7 Å². The van der Waals surface area contributed by atoms with E-state index in [0.29, 0.717) is 11.8 Å². The molecule has 4 nitrogen and oxygen atoms in total. The van der Waals surface area contributed by atoms with E-state index in [-0.39, 0.29) is 23.3 Å². The van der Waals surface area contributed by atoms with Crippen LogP contribution >= 0.6 is 0 Å². The molecule has 1 fully saturated rings. The Morgan fingerprint density at radius 1 is 1.45 bits per heavy atom. The number of carbonyl (C=O) groups excluding carboxylic acids is 1. The number of carbonyl (C=O) groups is 1. The first-order chi connectivity index (χ1) is 9.49. The summed E-state index contributed by atoms with van der Waals surface area (Å²) in [5.74, 6) is 0.181. The Hall–Kier alpha value is -1.65. The van der Waals surface area contributed by atoms with Gasteiger partial charge in [-0.05, 0) is 30.7 Å². The first-order valence-electron chi connectivity index (χ1n) is 7.21. The highest BCUT2D eigenvalue weighted by atomic mass is 19.1. The van der Waals surface area contributed by atoms with Crippen LogP contribution in [0, 0.1) is 17.7 Å². The number of hydrogen-bond acceptors (Lipinski definition) is 3. The van der Waals surface area contributed by atoms with E-state index in [2.05, 4.69) is 24.1 Å². The van der Waals surface area contributed by atoms with Gasteiger partial charge in [-0.25, -0.2) is 9.37 Å². The van der Waals surface area contributed by atoms with Crippen LogP contribution < -0.4 is 11.1 Å². The number of nitrogens with one attached hydrogen (secondary N) is 1. The van der Waals surface area contributed by atoms with Crippen LogP contribution in [0.3, 0.4) is 0 Å². The molecule has 5 heteroatoms. The lowest BCUT2D eigenvalue weighted by molar-refractivity contribution is 0.0889. The van der Waals surface area contributed by atoms with Crippen molar-refractivity contribution in [2.24, 2.45) is 11.8 Å². The lowest BCUT2D eigenvalue weighted by Crippen LogP contribution is -2.44. The Morgan fingerprint density at radius 3 is 2.85 bits per heavy atom. The lowest BCUT2D eigenvalue weighted by atomic mass is 9.78. The summed E-state index contributed by atoms with van der Waals surface area (Å²) in [4.78, 5) is 15.9. The van der Waals surface area contributed by atoms with Crippen molar-refractivity contribution in [2.75, 3.05) is 5.73 Å². The summed E-state index contributed by atoms with van der Waals surface area (Å²) in [6.07, 6.45) is 5.43. The molecule has 0 aliphatic heterocycles. The molecule has 1 amide bonds. The molecule has 110 valence electrons. The number of nitrogens with two attached hydrogens (primary N) is 1. The van der Waals surface area contributed by atoms with Crippen LogP contribution in [0.15, 0.2) is 12.3 Å². The van der Waals surface area contributed by atoms with Gasteiger partial charge in [0.2, 0.25) is 0 Å². The van der Waals surface area contributed by atoms with E-state index in [1.807, 2.05) is 0 Å². The van der Waals surface area contributed by atoms with Crippen LogP contribution in [0.1, 0.15) is 49.9 Å². The highest BCUT2D eigenvalue weighted by molar-refractivity contribution is 5.98. The Kier molecular flexibility index (Phi) is 4.57. The number of aromatic nitrogens is 1. The van der Waals surface area contributed by atoms with Crippen molar-refractivity contribution in [3.63, 3.8) is 0 Å². The molecule has 0 radical (unpaired) electrons. The highest BCUT2D eigenvalue weighted by Gasteiger charge is 2.29. The van der Waals surface area contributed by atoms with Gasteiger partial charge in [0.05, 0.1) is 11.8 Å². The Morgan fingerprint density at radius 2 is 2.15 bits per heavy atom. The average molecular weight is 279 g/mol. The Labute approximate surface area is 119 Å². The minimum atomic E-state index is -0.548. The summed E-state index contributed by atoms with van der Waals surface area (Å²) in [5.41, 5.74) is 5.77. The number of rotatable bonds is 3. The maximum atomic E-state index is 13.2. The first kappa shape index (κ1) is 14.8. The molecule has 2 rings (SSSR count). The zero-order chi connectivity index (χ0) is 14.7. The number of pyridine rings is 1. The van der Waals surface area contributed by atoms with E-state index in [4.69, 9.17) is 5.73 Å². The Balaban J connectivity index is 2.11. The van der Waals surface area contributed by atoms with Gasteiger partial charge in [-0.1, -0.05) is 26.7 Å². The van der Waals surface area contributed by atoms with E-state index in [1.54, 1.807) is 0 Å². The third-order valence-corrected chi connectivity index (χ3v) is 4.12. The molecule has 1 aliphatic rings. The van der Waals surface area contributed by atoms with Gasteiger partial charge < -0.3 is 11.1 Å². The standard InChI is InChI=1S/C15H22FN3O/c1-9(2)11-5-3-4-6-13(11)19-15(20)12-7-10(16)8-18-14(12)17/h7-9,11,13H,3-6H2,1-2H3,(H2,17,18)(H,19,20). The molecule has 0 saturated heterocycles. The second-order valence-corrected chi connectivity index (χ2v) is 5.86. The van der Waals surface area contributed by atoms with E-state index >= 15 is 0 Å². The monoisotopic (exact) mass is 279 g/mol. The molecule has 20 heavy (non-hydrogen) atoms. The summed E-state index contributed by atoms with van der Waals surface area (Å²) in [5, 5.41) is 3.01. The predicted octanol–water partition coefficient (Wildman–Crippen LogP) is 2.75. The summed E-state index contributed by atoms with van der Waals surface area (Å²) in [6, 6.07) is 1.28. The van der Waals surface area contributed by atoms with Gasteiger partial charge in [-0.15, -0.1) is 0 Å². The molecular weight excluding hydrogens is 257 g/mol. The number of hydrogen-bond donors (Lipinski definition) is 2. The van der Waals surface area contributed by atoms with Crippen molar-refractivity contribution in [1.29, 1.82) is 0 Å². The van der Waals surface area contributed by atoms with Crippen molar-refractivity contribution < 1.29 is 9.18 Å². The van der Waals surface area contributed by atoms with Crippen molar-refractivity contribution in [1.82, 2.24) is 10.3 Å². The van der Waals surface area contributed by atoms with Gasteiger partial charge in [0, 0.05) is 6.04 Å². The van der Waals surface area contributed by atoms with Gasteiger partial charge >= 0.3 is 0 Å². The van der Waals surface area contributed by atoms with Gasteiger partial charge in [0.25, 0.3) is 5.91 Å². The van der Waals surface area contributed by atoms with Crippen LogP contribution in [0.2, 0.25) is 0 Å². The summed E-state index contributed by atoms with van der Waals surface area (Å²) >= 11 is 0. The van der Waals surface area contributed by atoms with Gasteiger partial charge in [0.15, 0.2) is 0 Å². The third kappa shape index (κ3) is 3.26. The smallest absolute Gasteiger partial charge is 0.255 e. The second kappa shape index (κ2) is 6.20. The maximum absolute atomic E-state index is 13.2. The fraction of sp³-hybridized carbons (Fsp3) is 0.600. The van der Waals surface area contributed by atoms with E-state index in [0.717, 1.165) is 31.5 Å². The van der Waals surface area contributed by atoms with Crippen LogP contribution in [0.25, 0.3) is 0 Å². The molecule has 1 saturated carbocycles. The van der Waals surface area contributed by atoms with Crippen LogP contribution in [0.4, 0.5) is 10.2 Å². The zero-order valence-electron chi connectivity index (χ0n) is 12.0. The second-order valence-electron chi connectivity index (χ2n) is 5.86. The normalized spacial score (nSPS) is 22.8. The number of amides is 1. The quantitative estimate of drug-likeness (QED) is 0.894. The fourth-order valence-corrected chi connectivity index (χ4v) is 3.01. The minimum absolute atomic E-state index is 0.0702. The average Bonchev–Trinajstić information content (AvgIpc) is 2.41. The van der Waals surface area contributed by atoms with Gasteiger partial charge in [-0.3, -0.25) is 4.79 Å². The minimum Gasteiger partial charge on any atom is -0.383 e. The number of nitrogens with zero attached hydrogens (tertiary/aromatic N) is 1. The predicted molar refractivity (Wildman–Crippen MR) is 76.7 cm³/mol. The molecule has 1 aromatic rings. The van der Waals surface area contributed by atoms with Crippen molar-refractivity contribution in [3.05, 3.63) is 23.6 Å². The molecule has 1 aromatic heterocycles. The topological polar surface area (TPSA) is 68.0 Å². The summed E-state index contributed by atoms with van der Waals surface area (Å²) in [7, 11) is 0. The summed E-state index contributed by atoms with van der Waals surface area (Å²) < 4.78 is 13.2. The third-order valence-electron chi connectivity index (χ3n) is 4.12. The van der Waals surface area contributed by atoms with Gasteiger partial charge in [0.1, 0.15) is 11.6 Å². The maximum Gasteiger partial charge on any atom is 0.255 e. The van der Waals surface area contributed by atoms with Crippen molar-refractivity contribution in [3.8, 4) is 0 Å². The van der Waals surface area contributed by atoms with Crippen LogP contribution in [0.5, 0.6) is 0 Å². The van der Waals surface area contributed by atoms with Crippen LogP contribution in [-0.2, 0) is 0 Å². The van der Waals surface area contributed by atoms with Crippen LogP contribution in [-0.4, -0.2) is 16.9 Å². The molecule has 3 N–H and O–H groups in total. The molecular formula is C15H22FN3O. The lowest BCUT2D eigenvalue weighted by Gasteiger charge is -2.34. The molecule has 0 spiro atoms. The molecule has 2 unspecified atom stereocenters. The van der Waals surface area contributed by atoms with E-state index in [1.165, 1.54) is 6.42 Å².